The van der Waals surface area contributed by atoms with Crippen molar-refractivity contribution in [3.05, 3.63) is 20.8 Å². The first-order chi connectivity index (χ1) is 9.31. The Hall–Kier alpha value is -0.880. The van der Waals surface area contributed by atoms with E-state index in [1.165, 1.54) is 4.88 Å². The molecule has 0 bridgehead atoms. The van der Waals surface area contributed by atoms with E-state index in [1.54, 1.807) is 25.2 Å². The number of carboxylic acids is 1. The predicted octanol–water partition coefficient (Wildman–Crippen LogP) is 3.45. The van der Waals surface area contributed by atoms with Gasteiger partial charge in [0, 0.05) is 17.8 Å². The summed E-state index contributed by atoms with van der Waals surface area (Å²) in [5.74, 6) is -0.850. The lowest BCUT2D eigenvalue weighted by Crippen LogP contribution is -2.31. The van der Waals surface area contributed by atoms with Gasteiger partial charge >= 0.3 is 5.97 Å². The monoisotopic (exact) mass is 361 g/mol. The number of carbonyl (C=O) groups is 2. The van der Waals surface area contributed by atoms with Gasteiger partial charge in [0.1, 0.15) is 0 Å². The first-order valence-electron chi connectivity index (χ1n) is 6.55. The molecule has 1 aromatic heterocycles. The third-order valence-electron chi connectivity index (χ3n) is 3.11. The molecule has 0 aliphatic heterocycles. The highest BCUT2D eigenvalue weighted by Crippen LogP contribution is 2.23. The molecule has 0 unspecified atom stereocenters. The molecule has 6 heteroatoms. The lowest BCUT2D eigenvalue weighted by atomic mass is 9.90. The molecule has 20 heavy (non-hydrogen) atoms. The maximum atomic E-state index is 11.6. The van der Waals surface area contributed by atoms with Crippen LogP contribution in [0.5, 0.6) is 0 Å². The fourth-order valence-electron chi connectivity index (χ4n) is 1.62. The highest BCUT2D eigenvalue weighted by atomic mass is 79.9. The quantitative estimate of drug-likeness (QED) is 0.744. The molecule has 1 aromatic rings. The van der Waals surface area contributed by atoms with Gasteiger partial charge in [-0.15, -0.1) is 11.3 Å². The topological polar surface area (TPSA) is 66.4 Å². The first-order valence-corrected chi connectivity index (χ1v) is 8.16. The maximum Gasteiger partial charge on any atom is 0.309 e. The van der Waals surface area contributed by atoms with Crippen molar-refractivity contribution >= 4 is 39.1 Å². The zero-order chi connectivity index (χ0) is 15.2. The third-order valence-corrected chi connectivity index (χ3v) is 4.79. The Kier molecular flexibility index (Phi) is 6.68. The summed E-state index contributed by atoms with van der Waals surface area (Å²) in [6.07, 6.45) is 2.61. The van der Waals surface area contributed by atoms with Crippen molar-refractivity contribution in [3.8, 4) is 0 Å². The largest absolute Gasteiger partial charge is 0.481 e. The Labute approximate surface area is 131 Å². The summed E-state index contributed by atoms with van der Waals surface area (Å²) >= 11 is 5.09. The van der Waals surface area contributed by atoms with Crippen LogP contribution in [0.15, 0.2) is 15.9 Å². The lowest BCUT2D eigenvalue weighted by Gasteiger charge is -2.18. The number of carboxylic acid groups (broad SMARTS) is 1. The van der Waals surface area contributed by atoms with Crippen molar-refractivity contribution in [2.24, 2.45) is 5.41 Å². The molecule has 112 valence electrons. The number of hydrogen-bond donors (Lipinski definition) is 2. The van der Waals surface area contributed by atoms with Gasteiger partial charge in [0.25, 0.3) is 0 Å². The zero-order valence-electron chi connectivity index (χ0n) is 11.7. The second-order valence-corrected chi connectivity index (χ2v) is 7.90. The molecule has 0 aromatic carbocycles. The normalized spacial score (nSPS) is 11.3. The molecular weight excluding hydrogens is 342 g/mol. The standard InChI is InChI=1S/C14H20BrNO3S/c1-14(2,13(18)19)8-9-16-12(17)5-3-4-10-6-7-11(15)20-10/h6-7H,3-5,8-9H2,1-2H3,(H,16,17)(H,18,19). The minimum Gasteiger partial charge on any atom is -0.481 e. The third kappa shape index (κ3) is 6.05. The molecule has 0 spiro atoms. The van der Waals surface area contributed by atoms with Crippen molar-refractivity contribution in [1.82, 2.24) is 5.32 Å². The number of nitrogens with one attached hydrogen (secondary N) is 1. The Bertz CT molecular complexity index is 471. The summed E-state index contributed by atoms with van der Waals surface area (Å²) in [5.41, 5.74) is -0.795. The number of hydrogen-bond acceptors (Lipinski definition) is 3. The van der Waals surface area contributed by atoms with Gasteiger partial charge in [-0.3, -0.25) is 9.59 Å². The molecule has 0 saturated heterocycles. The number of halogens is 1. The van der Waals surface area contributed by atoms with E-state index in [9.17, 15) is 9.59 Å². The van der Waals surface area contributed by atoms with Crippen molar-refractivity contribution in [1.29, 1.82) is 0 Å². The predicted molar refractivity (Wildman–Crippen MR) is 84.0 cm³/mol. The van der Waals surface area contributed by atoms with Crippen LogP contribution in [0, 0.1) is 5.41 Å². The molecule has 1 amide bonds. The number of amides is 1. The minimum absolute atomic E-state index is 0.0122. The number of aryl methyl sites for hydroxylation is 1. The van der Waals surface area contributed by atoms with Crippen LogP contribution in [0.4, 0.5) is 0 Å². The van der Waals surface area contributed by atoms with Crippen LogP contribution in [0.2, 0.25) is 0 Å². The van der Waals surface area contributed by atoms with Crippen LogP contribution in [0.25, 0.3) is 0 Å². The van der Waals surface area contributed by atoms with Crippen LogP contribution in [-0.2, 0) is 16.0 Å². The van der Waals surface area contributed by atoms with E-state index in [4.69, 9.17) is 5.11 Å². The average molecular weight is 362 g/mol. The highest BCUT2D eigenvalue weighted by molar-refractivity contribution is 9.11. The first kappa shape index (κ1) is 17.2. The highest BCUT2D eigenvalue weighted by Gasteiger charge is 2.26. The number of carbonyl (C=O) groups excluding carboxylic acids is 1. The van der Waals surface area contributed by atoms with Crippen LogP contribution < -0.4 is 5.32 Å². The smallest absolute Gasteiger partial charge is 0.309 e. The van der Waals surface area contributed by atoms with Gasteiger partial charge in [-0.2, -0.15) is 0 Å². The molecule has 0 radical (unpaired) electrons. The second kappa shape index (κ2) is 7.78. The van der Waals surface area contributed by atoms with Crippen LogP contribution in [-0.4, -0.2) is 23.5 Å². The zero-order valence-corrected chi connectivity index (χ0v) is 14.1. The Morgan fingerprint density at radius 1 is 1.40 bits per heavy atom. The summed E-state index contributed by atoms with van der Waals surface area (Å²) in [6, 6.07) is 4.07. The summed E-state index contributed by atoms with van der Waals surface area (Å²) in [6.45, 7) is 3.73. The van der Waals surface area contributed by atoms with Crippen LogP contribution in [0.3, 0.4) is 0 Å². The Morgan fingerprint density at radius 2 is 2.10 bits per heavy atom. The summed E-state index contributed by atoms with van der Waals surface area (Å²) in [7, 11) is 0. The van der Waals surface area contributed by atoms with E-state index in [1.807, 2.05) is 6.07 Å². The van der Waals surface area contributed by atoms with Crippen LogP contribution >= 0.6 is 27.3 Å². The Balaban J connectivity index is 2.16. The van der Waals surface area contributed by atoms with Gasteiger partial charge in [0.15, 0.2) is 0 Å². The van der Waals surface area contributed by atoms with Gasteiger partial charge in [-0.25, -0.2) is 0 Å². The molecule has 0 aliphatic carbocycles. The van der Waals surface area contributed by atoms with E-state index in [-0.39, 0.29) is 5.91 Å². The molecule has 0 aliphatic rings. The van der Waals surface area contributed by atoms with E-state index in [2.05, 4.69) is 27.3 Å². The molecule has 1 rings (SSSR count). The number of rotatable bonds is 8. The molecule has 0 saturated carbocycles. The average Bonchev–Trinajstić information content (AvgIpc) is 2.74. The SMILES string of the molecule is CC(C)(CCNC(=O)CCCc1ccc(Br)s1)C(=O)O. The second-order valence-electron chi connectivity index (χ2n) is 5.35. The van der Waals surface area contributed by atoms with Crippen molar-refractivity contribution < 1.29 is 14.7 Å². The van der Waals surface area contributed by atoms with Gasteiger partial charge < -0.3 is 10.4 Å². The van der Waals surface area contributed by atoms with Gasteiger partial charge in [0.05, 0.1) is 9.20 Å². The molecule has 2 N–H and O–H groups in total. The molecule has 4 nitrogen and oxygen atoms in total. The van der Waals surface area contributed by atoms with E-state index in [0.29, 0.717) is 19.4 Å². The number of thiophene rings is 1. The molecule has 0 fully saturated rings. The molecule has 0 atom stereocenters. The number of aliphatic carboxylic acids is 1. The minimum atomic E-state index is -0.838. The molecular formula is C14H20BrNO3S. The van der Waals surface area contributed by atoms with Crippen LogP contribution in [0.1, 0.15) is 38.0 Å². The fourth-order valence-corrected chi connectivity index (χ4v) is 3.14. The lowest BCUT2D eigenvalue weighted by molar-refractivity contribution is -0.147. The maximum absolute atomic E-state index is 11.6. The van der Waals surface area contributed by atoms with Crippen molar-refractivity contribution in [2.75, 3.05) is 6.54 Å². The summed E-state index contributed by atoms with van der Waals surface area (Å²) < 4.78 is 1.10. The molecule has 1 heterocycles. The fraction of sp³-hybridized carbons (Fsp3) is 0.571. The van der Waals surface area contributed by atoms with Gasteiger partial charge in [0.2, 0.25) is 5.91 Å². The van der Waals surface area contributed by atoms with E-state index in [0.717, 1.165) is 16.6 Å². The van der Waals surface area contributed by atoms with Crippen molar-refractivity contribution in [2.45, 2.75) is 39.5 Å². The van der Waals surface area contributed by atoms with Gasteiger partial charge in [-0.1, -0.05) is 0 Å². The summed E-state index contributed by atoms with van der Waals surface area (Å²) in [4.78, 5) is 23.8. The van der Waals surface area contributed by atoms with Gasteiger partial charge in [-0.05, 0) is 61.2 Å². The summed E-state index contributed by atoms with van der Waals surface area (Å²) in [5, 5.41) is 11.7. The van der Waals surface area contributed by atoms with Crippen molar-refractivity contribution in [3.63, 3.8) is 0 Å². The van der Waals surface area contributed by atoms with E-state index < -0.39 is 11.4 Å². The Morgan fingerprint density at radius 3 is 2.65 bits per heavy atom. The van der Waals surface area contributed by atoms with E-state index >= 15 is 0 Å².